The van der Waals surface area contributed by atoms with Gasteiger partial charge >= 0.3 is 0 Å². The van der Waals surface area contributed by atoms with E-state index >= 15 is 0 Å². The molecule has 238 valence electrons. The molecule has 7 aromatic carbocycles. The molecule has 0 amide bonds. The van der Waals surface area contributed by atoms with Crippen molar-refractivity contribution in [3.63, 3.8) is 0 Å². The van der Waals surface area contributed by atoms with Gasteiger partial charge in [-0.3, -0.25) is 4.57 Å². The number of hydrogen-bond donors (Lipinski definition) is 0. The normalized spacial score (nSPS) is 16.3. The smallest absolute Gasteiger partial charge is 0.238 e. The molecule has 0 aliphatic rings. The van der Waals surface area contributed by atoms with E-state index in [0.29, 0.717) is 22.2 Å². The van der Waals surface area contributed by atoms with Crippen LogP contribution in [0.1, 0.15) is 21.9 Å². The van der Waals surface area contributed by atoms with Gasteiger partial charge in [0.05, 0.1) is 33.0 Å². The average Bonchev–Trinajstić information content (AvgIpc) is 4.01. The third-order valence-electron chi connectivity index (χ3n) is 8.77. The maximum atomic E-state index is 9.61. The van der Waals surface area contributed by atoms with E-state index in [0.717, 1.165) is 21.5 Å². The fourth-order valence-corrected chi connectivity index (χ4v) is 6.66. The summed E-state index contributed by atoms with van der Waals surface area (Å²) in [4.78, 5) is 14.1. The summed E-state index contributed by atoms with van der Waals surface area (Å²) in [5, 5.41) is 2.44. The van der Waals surface area contributed by atoms with E-state index in [2.05, 4.69) is 4.98 Å². The average molecular weight is 671 g/mol. The minimum Gasteiger partial charge on any atom is -0.456 e. The molecule has 51 heavy (non-hydrogen) atoms. The van der Waals surface area contributed by atoms with Crippen LogP contribution in [0.25, 0.3) is 106 Å². The molecule has 0 N–H and O–H groups in total. The van der Waals surface area contributed by atoms with E-state index in [1.807, 2.05) is 36.4 Å². The summed E-state index contributed by atoms with van der Waals surface area (Å²) in [7, 11) is 0. The molecule has 0 saturated carbocycles. The van der Waals surface area contributed by atoms with Crippen LogP contribution in [0, 0.1) is 0 Å². The minimum atomic E-state index is -0.750. The summed E-state index contributed by atoms with van der Waals surface area (Å²) in [5.74, 6) is -1.07. The van der Waals surface area contributed by atoms with Crippen molar-refractivity contribution in [1.82, 2.24) is 19.5 Å². The highest BCUT2D eigenvalue weighted by molar-refractivity contribution is 6.27. The highest BCUT2D eigenvalue weighted by atomic mass is 16.3. The van der Waals surface area contributed by atoms with Gasteiger partial charge < -0.3 is 8.83 Å². The van der Waals surface area contributed by atoms with Crippen LogP contribution in [-0.4, -0.2) is 19.5 Å². The van der Waals surface area contributed by atoms with Gasteiger partial charge in [-0.2, -0.15) is 9.97 Å². The molecule has 4 aromatic heterocycles. The first kappa shape index (κ1) is 16.6. The molecule has 0 saturated heterocycles. The standard InChI is InChI=1S/C45H26N4O2/c1-3-12-27(13-4-1)30-18-11-21-37-40(30)33-23-22-29(26-39(33)51-37)44-46-43(28-14-5-2-6-15-28)47-45(48-44)49-34-19-9-7-16-31(34)41-35(49)24-25-38-42(41)32-17-8-10-20-36(32)50-38/h1-26H/i1D,2D,3D,4D,5D,6D,11D,12D,13D,14D,15D,18D,21D,22D,23D,26D. The van der Waals surface area contributed by atoms with Gasteiger partial charge in [0, 0.05) is 43.4 Å². The Bertz CT molecular complexity index is 4030. The fourth-order valence-electron chi connectivity index (χ4n) is 6.66. The van der Waals surface area contributed by atoms with Crippen LogP contribution < -0.4 is 0 Å². The molecular formula is C45H26N4O2. The van der Waals surface area contributed by atoms with Crippen LogP contribution in [-0.2, 0) is 0 Å². The molecule has 0 aliphatic carbocycles. The molecule has 0 spiro atoms. The predicted molar refractivity (Wildman–Crippen MR) is 205 cm³/mol. The lowest BCUT2D eigenvalue weighted by molar-refractivity contribution is 0.669. The van der Waals surface area contributed by atoms with Crippen molar-refractivity contribution in [3.05, 3.63) is 157 Å². The van der Waals surface area contributed by atoms with E-state index in [1.54, 1.807) is 28.8 Å². The number of fused-ring (bicyclic) bond motifs is 10. The Morgan fingerprint density at radius 1 is 0.451 bits per heavy atom. The topological polar surface area (TPSA) is 69.9 Å². The summed E-state index contributed by atoms with van der Waals surface area (Å²) in [6, 6.07) is 7.18. The van der Waals surface area contributed by atoms with Gasteiger partial charge in [0.15, 0.2) is 11.6 Å². The van der Waals surface area contributed by atoms with E-state index in [-0.39, 0.29) is 16.7 Å². The Morgan fingerprint density at radius 2 is 1.18 bits per heavy atom. The van der Waals surface area contributed by atoms with Crippen molar-refractivity contribution < 1.29 is 30.8 Å². The van der Waals surface area contributed by atoms with Gasteiger partial charge in [-0.25, -0.2) is 4.98 Å². The Kier molecular flexibility index (Phi) is 3.48. The van der Waals surface area contributed by atoms with Crippen molar-refractivity contribution in [2.24, 2.45) is 0 Å². The molecule has 6 nitrogen and oxygen atoms in total. The third-order valence-corrected chi connectivity index (χ3v) is 8.77. The molecule has 0 fully saturated rings. The number of rotatable bonds is 4. The molecule has 0 radical (unpaired) electrons. The number of furan rings is 2. The molecule has 0 unspecified atom stereocenters. The second-order valence-electron chi connectivity index (χ2n) is 11.6. The zero-order chi connectivity index (χ0) is 47.4. The van der Waals surface area contributed by atoms with Crippen LogP contribution in [0.15, 0.2) is 166 Å². The SMILES string of the molecule is [2H]c1c([2H])c([2H])c(-c2nc(-c3c([2H])c([2H])c4c(oc5c([2H])c([2H])c([2H])c(-c6c([2H])c([2H])c([2H])c([2H])c6[2H])c54)c3[2H])nc(-n3c4ccccc4c4c5c(ccc43)oc3ccccc35)n2)c([2H])c1[2H]. The van der Waals surface area contributed by atoms with Gasteiger partial charge in [0.1, 0.15) is 22.3 Å². The number of para-hydroxylation sites is 2. The van der Waals surface area contributed by atoms with Gasteiger partial charge in [-0.1, -0.05) is 115 Å². The highest BCUT2D eigenvalue weighted by Crippen LogP contribution is 2.42. The highest BCUT2D eigenvalue weighted by Gasteiger charge is 2.22. The lowest BCUT2D eigenvalue weighted by Gasteiger charge is -2.11. The first-order valence-electron chi connectivity index (χ1n) is 23.6. The van der Waals surface area contributed by atoms with E-state index in [9.17, 15) is 4.11 Å². The van der Waals surface area contributed by atoms with Gasteiger partial charge in [0.25, 0.3) is 0 Å². The molecule has 0 aliphatic heterocycles. The molecular weight excluding hydrogens is 629 g/mol. The number of nitrogens with zero attached hydrogens (tertiary/aromatic N) is 4. The van der Waals surface area contributed by atoms with Crippen LogP contribution in [0.4, 0.5) is 0 Å². The lowest BCUT2D eigenvalue weighted by atomic mass is 9.99. The molecule has 0 atom stereocenters. The van der Waals surface area contributed by atoms with Gasteiger partial charge in [0.2, 0.25) is 5.95 Å². The number of benzene rings is 7. The van der Waals surface area contributed by atoms with Gasteiger partial charge in [-0.15, -0.1) is 0 Å². The first-order valence-corrected chi connectivity index (χ1v) is 15.6. The maximum Gasteiger partial charge on any atom is 0.238 e. The first-order chi connectivity index (χ1) is 31.9. The Morgan fingerprint density at radius 3 is 2.02 bits per heavy atom. The molecule has 11 rings (SSSR count). The molecule has 4 heterocycles. The largest absolute Gasteiger partial charge is 0.456 e. The maximum absolute atomic E-state index is 9.61. The van der Waals surface area contributed by atoms with Gasteiger partial charge in [-0.05, 0) is 53.5 Å². The predicted octanol–water partition coefficient (Wildman–Crippen LogP) is 11.8. The van der Waals surface area contributed by atoms with Crippen molar-refractivity contribution in [1.29, 1.82) is 0 Å². The second-order valence-corrected chi connectivity index (χ2v) is 11.6. The van der Waals surface area contributed by atoms with Crippen molar-refractivity contribution in [2.75, 3.05) is 0 Å². The minimum absolute atomic E-state index is 0.171. The Hall–Kier alpha value is -7.05. The second kappa shape index (κ2) is 10.7. The van der Waals surface area contributed by atoms with E-state index in [4.69, 9.17) is 36.6 Å². The Balaban J connectivity index is 1.27. The quantitative estimate of drug-likeness (QED) is 0.186. The summed E-state index contributed by atoms with van der Waals surface area (Å²) in [5.41, 5.74) is -0.420. The lowest BCUT2D eigenvalue weighted by Crippen LogP contribution is -2.06. The van der Waals surface area contributed by atoms with Crippen LogP contribution in [0.5, 0.6) is 0 Å². The zero-order valence-corrected chi connectivity index (χ0v) is 25.9. The van der Waals surface area contributed by atoms with E-state index in [1.165, 1.54) is 0 Å². The van der Waals surface area contributed by atoms with Crippen molar-refractivity contribution in [3.8, 4) is 39.9 Å². The zero-order valence-electron chi connectivity index (χ0n) is 41.9. The Labute approximate surface area is 313 Å². The fraction of sp³-hybridized carbons (Fsp3) is 0. The summed E-state index contributed by atoms with van der Waals surface area (Å²) < 4.78 is 154. The van der Waals surface area contributed by atoms with Crippen LogP contribution >= 0.6 is 0 Å². The van der Waals surface area contributed by atoms with Crippen molar-refractivity contribution >= 4 is 65.7 Å². The van der Waals surface area contributed by atoms with Crippen LogP contribution in [0.2, 0.25) is 0 Å². The summed E-state index contributed by atoms with van der Waals surface area (Å²) >= 11 is 0. The molecule has 6 heteroatoms. The summed E-state index contributed by atoms with van der Waals surface area (Å²) in [6.07, 6.45) is 0. The monoisotopic (exact) mass is 670 g/mol. The summed E-state index contributed by atoms with van der Waals surface area (Å²) in [6.45, 7) is 0. The molecule has 11 aromatic rings. The van der Waals surface area contributed by atoms with Crippen molar-refractivity contribution in [2.45, 2.75) is 0 Å². The van der Waals surface area contributed by atoms with Crippen LogP contribution in [0.3, 0.4) is 0 Å². The third kappa shape index (κ3) is 4.20. The number of aromatic nitrogens is 4. The number of hydrogen-bond acceptors (Lipinski definition) is 5. The molecule has 0 bridgehead atoms. The van der Waals surface area contributed by atoms with E-state index < -0.39 is 142 Å².